The highest BCUT2D eigenvalue weighted by Crippen LogP contribution is 2.19. The van der Waals surface area contributed by atoms with Crippen molar-refractivity contribution in [3.05, 3.63) is 59.1 Å². The fourth-order valence-corrected chi connectivity index (χ4v) is 3.06. The summed E-state index contributed by atoms with van der Waals surface area (Å²) >= 11 is 5.77. The molecule has 5 nitrogen and oxygen atoms in total. The van der Waals surface area contributed by atoms with Crippen molar-refractivity contribution in [1.82, 2.24) is 4.90 Å². The van der Waals surface area contributed by atoms with Crippen LogP contribution in [0.25, 0.3) is 0 Å². The summed E-state index contributed by atoms with van der Waals surface area (Å²) in [7, 11) is -2.02. The van der Waals surface area contributed by atoms with Gasteiger partial charge in [0.1, 0.15) is 0 Å². The van der Waals surface area contributed by atoms with Crippen molar-refractivity contribution in [2.75, 3.05) is 18.3 Å². The summed E-state index contributed by atoms with van der Waals surface area (Å²) in [5, 5.41) is 0.524. The number of halogens is 1. The zero-order chi connectivity index (χ0) is 17.0. The molecular weight excluding hydrogens is 336 g/mol. The maximum Gasteiger partial charge on any atom is 0.261 e. The molecule has 7 heteroatoms. The third kappa shape index (κ3) is 4.24. The molecule has 122 valence electrons. The molecule has 0 aromatic heterocycles. The molecule has 0 bridgehead atoms. The number of hydrogen-bond acceptors (Lipinski definition) is 3. The van der Waals surface area contributed by atoms with Crippen molar-refractivity contribution >= 4 is 33.2 Å². The number of carbonyl (C=O) groups is 1. The van der Waals surface area contributed by atoms with E-state index in [4.69, 9.17) is 11.6 Å². The number of hydrogen-bond donors (Lipinski definition) is 1. The predicted molar refractivity (Wildman–Crippen MR) is 91.3 cm³/mol. The summed E-state index contributed by atoms with van der Waals surface area (Å²) in [6.45, 7) is 2.45. The zero-order valence-corrected chi connectivity index (χ0v) is 14.4. The fourth-order valence-electron chi connectivity index (χ4n) is 1.87. The molecule has 0 fully saturated rings. The van der Waals surface area contributed by atoms with E-state index in [1.165, 1.54) is 24.3 Å². The van der Waals surface area contributed by atoms with E-state index >= 15 is 0 Å². The monoisotopic (exact) mass is 352 g/mol. The van der Waals surface area contributed by atoms with Crippen LogP contribution in [0.1, 0.15) is 17.3 Å². The van der Waals surface area contributed by atoms with Crippen LogP contribution in [-0.2, 0) is 10.0 Å². The second-order valence-corrected chi connectivity index (χ2v) is 7.07. The molecule has 0 heterocycles. The summed E-state index contributed by atoms with van der Waals surface area (Å²) in [5.41, 5.74) is 0.861. The van der Waals surface area contributed by atoms with E-state index in [0.717, 1.165) is 0 Å². The summed E-state index contributed by atoms with van der Waals surface area (Å²) in [5.74, 6) is -0.151. The van der Waals surface area contributed by atoms with Gasteiger partial charge in [0.05, 0.1) is 4.90 Å². The zero-order valence-electron chi connectivity index (χ0n) is 12.8. The van der Waals surface area contributed by atoms with Gasteiger partial charge in [-0.15, -0.1) is 0 Å². The molecule has 2 aromatic carbocycles. The van der Waals surface area contributed by atoms with Crippen molar-refractivity contribution in [1.29, 1.82) is 0 Å². The predicted octanol–water partition coefficient (Wildman–Crippen LogP) is 3.23. The molecule has 0 unspecified atom stereocenters. The summed E-state index contributed by atoms with van der Waals surface area (Å²) in [4.78, 5) is 13.6. The van der Waals surface area contributed by atoms with Crippen LogP contribution in [0.3, 0.4) is 0 Å². The van der Waals surface area contributed by atoms with Crippen LogP contribution in [0.5, 0.6) is 0 Å². The normalized spacial score (nSPS) is 11.1. The van der Waals surface area contributed by atoms with E-state index in [1.54, 1.807) is 36.2 Å². The average molecular weight is 353 g/mol. The van der Waals surface area contributed by atoms with E-state index in [0.29, 0.717) is 22.8 Å². The Morgan fingerprint density at radius 3 is 2.17 bits per heavy atom. The van der Waals surface area contributed by atoms with Gasteiger partial charge in [0.2, 0.25) is 0 Å². The lowest BCUT2D eigenvalue weighted by atomic mass is 10.2. The number of sulfonamides is 1. The molecule has 2 aromatic rings. The van der Waals surface area contributed by atoms with Crippen LogP contribution >= 0.6 is 11.6 Å². The lowest BCUT2D eigenvalue weighted by Crippen LogP contribution is -2.26. The van der Waals surface area contributed by atoms with Gasteiger partial charge in [-0.1, -0.05) is 11.6 Å². The van der Waals surface area contributed by atoms with E-state index in [9.17, 15) is 13.2 Å². The van der Waals surface area contributed by atoms with Gasteiger partial charge in [0.25, 0.3) is 15.9 Å². The number of nitrogens with zero attached hydrogens (tertiary/aromatic N) is 1. The van der Waals surface area contributed by atoms with Crippen LogP contribution in [0.15, 0.2) is 53.4 Å². The highest BCUT2D eigenvalue weighted by molar-refractivity contribution is 7.92. The quantitative estimate of drug-likeness (QED) is 0.898. The molecule has 0 aliphatic rings. The van der Waals surface area contributed by atoms with Crippen molar-refractivity contribution in [2.45, 2.75) is 11.8 Å². The Morgan fingerprint density at radius 2 is 1.65 bits per heavy atom. The van der Waals surface area contributed by atoms with E-state index in [2.05, 4.69) is 4.72 Å². The molecule has 0 radical (unpaired) electrons. The second-order valence-electron chi connectivity index (χ2n) is 4.96. The first-order valence-corrected chi connectivity index (χ1v) is 8.83. The molecular formula is C16H17ClN2O3S. The van der Waals surface area contributed by atoms with Gasteiger partial charge >= 0.3 is 0 Å². The lowest BCUT2D eigenvalue weighted by Gasteiger charge is -2.14. The van der Waals surface area contributed by atoms with Crippen LogP contribution in [0.4, 0.5) is 5.69 Å². The number of nitrogens with one attached hydrogen (secondary N) is 1. The standard InChI is InChI=1S/C16H17ClN2O3S/c1-3-19(2)16(20)12-4-10-15(11-5-12)23(21,22)18-14-8-6-13(17)7-9-14/h4-11,18H,3H2,1-2H3. The first-order valence-electron chi connectivity index (χ1n) is 6.97. The first-order chi connectivity index (χ1) is 10.8. The van der Waals surface area contributed by atoms with E-state index in [-0.39, 0.29) is 10.8 Å². The molecule has 0 spiro atoms. The largest absolute Gasteiger partial charge is 0.342 e. The number of carbonyl (C=O) groups excluding carboxylic acids is 1. The first kappa shape index (κ1) is 17.3. The Kier molecular flexibility index (Phi) is 5.28. The van der Waals surface area contributed by atoms with Crippen LogP contribution < -0.4 is 4.72 Å². The molecule has 0 saturated heterocycles. The minimum Gasteiger partial charge on any atom is -0.342 e. The van der Waals surface area contributed by atoms with Crippen molar-refractivity contribution in [3.63, 3.8) is 0 Å². The lowest BCUT2D eigenvalue weighted by molar-refractivity contribution is 0.0802. The molecule has 0 atom stereocenters. The minimum atomic E-state index is -3.71. The van der Waals surface area contributed by atoms with Crippen molar-refractivity contribution in [2.24, 2.45) is 0 Å². The molecule has 0 aliphatic carbocycles. The third-order valence-electron chi connectivity index (χ3n) is 3.33. The van der Waals surface area contributed by atoms with E-state index < -0.39 is 10.0 Å². The Balaban J connectivity index is 2.20. The SMILES string of the molecule is CCN(C)C(=O)c1ccc(S(=O)(=O)Nc2ccc(Cl)cc2)cc1. The maximum absolute atomic E-state index is 12.3. The highest BCUT2D eigenvalue weighted by Gasteiger charge is 2.16. The van der Waals surface area contributed by atoms with Gasteiger partial charge in [-0.05, 0) is 55.5 Å². The third-order valence-corrected chi connectivity index (χ3v) is 4.98. The molecule has 1 amide bonds. The average Bonchev–Trinajstić information content (AvgIpc) is 2.55. The molecule has 0 saturated carbocycles. The van der Waals surface area contributed by atoms with Gasteiger partial charge < -0.3 is 4.90 Å². The minimum absolute atomic E-state index is 0.0863. The topological polar surface area (TPSA) is 66.5 Å². The van der Waals surface area contributed by atoms with Gasteiger partial charge in [-0.2, -0.15) is 0 Å². The van der Waals surface area contributed by atoms with Gasteiger partial charge in [-0.3, -0.25) is 9.52 Å². The highest BCUT2D eigenvalue weighted by atomic mass is 35.5. The van der Waals surface area contributed by atoms with Crippen molar-refractivity contribution in [3.8, 4) is 0 Å². The molecule has 2 rings (SSSR count). The molecule has 23 heavy (non-hydrogen) atoms. The smallest absolute Gasteiger partial charge is 0.261 e. The Morgan fingerprint density at radius 1 is 1.09 bits per heavy atom. The van der Waals surface area contributed by atoms with Crippen LogP contribution in [0, 0.1) is 0 Å². The fraction of sp³-hybridized carbons (Fsp3) is 0.188. The number of rotatable bonds is 5. The molecule has 1 N–H and O–H groups in total. The number of anilines is 1. The Bertz CT molecular complexity index is 787. The Labute approximate surface area is 140 Å². The van der Waals surface area contributed by atoms with Gasteiger partial charge in [-0.25, -0.2) is 8.42 Å². The van der Waals surface area contributed by atoms with Gasteiger partial charge in [0, 0.05) is 29.9 Å². The Hall–Kier alpha value is -2.05. The second kappa shape index (κ2) is 7.02. The maximum atomic E-state index is 12.3. The number of amides is 1. The van der Waals surface area contributed by atoms with Crippen LogP contribution in [-0.4, -0.2) is 32.8 Å². The molecule has 0 aliphatic heterocycles. The van der Waals surface area contributed by atoms with E-state index in [1.807, 2.05) is 6.92 Å². The van der Waals surface area contributed by atoms with Crippen LogP contribution in [0.2, 0.25) is 5.02 Å². The summed E-state index contributed by atoms with van der Waals surface area (Å²) in [6, 6.07) is 12.2. The summed E-state index contributed by atoms with van der Waals surface area (Å²) in [6.07, 6.45) is 0. The number of benzene rings is 2. The van der Waals surface area contributed by atoms with Gasteiger partial charge in [0.15, 0.2) is 0 Å². The van der Waals surface area contributed by atoms with Crippen molar-refractivity contribution < 1.29 is 13.2 Å². The summed E-state index contributed by atoms with van der Waals surface area (Å²) < 4.78 is 27.1.